The summed E-state index contributed by atoms with van der Waals surface area (Å²) in [5, 5.41) is 0. The average Bonchev–Trinajstić information content (AvgIpc) is 2.47. The summed E-state index contributed by atoms with van der Waals surface area (Å²) < 4.78 is 10.3. The number of carbonyl (C=O) groups is 2. The fraction of sp³-hybridized carbons (Fsp3) is 0.625. The van der Waals surface area contributed by atoms with Crippen LogP contribution in [0.1, 0.15) is 38.5 Å². The second-order valence-electron chi connectivity index (χ2n) is 5.05. The molecule has 0 amide bonds. The van der Waals surface area contributed by atoms with Crippen molar-refractivity contribution in [1.29, 1.82) is 0 Å². The first-order valence-corrected chi connectivity index (χ1v) is 7.24. The molecule has 0 aromatic rings. The molecule has 1 rings (SSSR count). The minimum absolute atomic E-state index is 0.175. The maximum atomic E-state index is 11.9. The predicted octanol–water partition coefficient (Wildman–Crippen LogP) is 3.03. The highest BCUT2D eigenvalue weighted by atomic mass is 16.5. The molecule has 0 heterocycles. The molecule has 0 saturated heterocycles. The zero-order valence-corrected chi connectivity index (χ0v) is 12.0. The van der Waals surface area contributed by atoms with E-state index in [0.29, 0.717) is 32.5 Å². The number of carbonyl (C=O) groups excluding carboxylic acids is 2. The van der Waals surface area contributed by atoms with Crippen molar-refractivity contribution in [2.45, 2.75) is 38.5 Å². The topological polar surface area (TPSA) is 52.6 Å². The maximum absolute atomic E-state index is 11.9. The predicted molar refractivity (Wildman–Crippen MR) is 77.0 cm³/mol. The van der Waals surface area contributed by atoms with Gasteiger partial charge in [-0.15, -0.1) is 13.2 Å². The Morgan fingerprint density at radius 2 is 1.40 bits per heavy atom. The van der Waals surface area contributed by atoms with E-state index in [0.717, 1.165) is 19.3 Å². The smallest absolute Gasteiger partial charge is 0.308 e. The van der Waals surface area contributed by atoms with Gasteiger partial charge >= 0.3 is 11.9 Å². The van der Waals surface area contributed by atoms with Crippen LogP contribution in [0.25, 0.3) is 0 Å². The fourth-order valence-electron chi connectivity index (χ4n) is 2.34. The lowest BCUT2D eigenvalue weighted by Gasteiger charge is -2.26. The van der Waals surface area contributed by atoms with Crippen LogP contribution in [0.5, 0.6) is 0 Å². The highest BCUT2D eigenvalue weighted by Crippen LogP contribution is 2.30. The zero-order valence-electron chi connectivity index (χ0n) is 12.0. The fourth-order valence-corrected chi connectivity index (χ4v) is 2.34. The largest absolute Gasteiger partial charge is 0.465 e. The lowest BCUT2D eigenvalue weighted by atomic mass is 9.81. The van der Waals surface area contributed by atoms with Crippen molar-refractivity contribution in [2.24, 2.45) is 11.8 Å². The highest BCUT2D eigenvalue weighted by molar-refractivity contribution is 5.76. The molecule has 4 heteroatoms. The second-order valence-corrected chi connectivity index (χ2v) is 5.05. The first kappa shape index (κ1) is 16.5. The van der Waals surface area contributed by atoms with E-state index in [-0.39, 0.29) is 23.8 Å². The van der Waals surface area contributed by atoms with Crippen molar-refractivity contribution in [2.75, 3.05) is 13.2 Å². The van der Waals surface area contributed by atoms with E-state index in [9.17, 15) is 9.59 Å². The number of hydrogen-bond acceptors (Lipinski definition) is 4. The summed E-state index contributed by atoms with van der Waals surface area (Å²) in [4.78, 5) is 23.8. The van der Waals surface area contributed by atoms with Crippen molar-refractivity contribution >= 4 is 11.9 Å². The molecular weight excluding hydrogens is 256 g/mol. The van der Waals surface area contributed by atoms with Gasteiger partial charge in [0.1, 0.15) is 0 Å². The van der Waals surface area contributed by atoms with Gasteiger partial charge in [0.25, 0.3) is 0 Å². The summed E-state index contributed by atoms with van der Waals surface area (Å²) in [5.41, 5.74) is 0. The van der Waals surface area contributed by atoms with Gasteiger partial charge in [-0.2, -0.15) is 0 Å². The van der Waals surface area contributed by atoms with Gasteiger partial charge < -0.3 is 9.47 Å². The quantitative estimate of drug-likeness (QED) is 0.389. The van der Waals surface area contributed by atoms with E-state index in [1.54, 1.807) is 12.2 Å². The second kappa shape index (κ2) is 9.34. The van der Waals surface area contributed by atoms with Gasteiger partial charge in [-0.3, -0.25) is 9.59 Å². The molecule has 1 aliphatic carbocycles. The third kappa shape index (κ3) is 5.59. The Labute approximate surface area is 120 Å². The molecule has 2 atom stereocenters. The van der Waals surface area contributed by atoms with Crippen LogP contribution in [-0.4, -0.2) is 25.2 Å². The lowest BCUT2D eigenvalue weighted by molar-refractivity contribution is -0.154. The van der Waals surface area contributed by atoms with Crippen LogP contribution in [0.2, 0.25) is 0 Å². The number of ether oxygens (including phenoxy) is 2. The Morgan fingerprint density at radius 1 is 0.950 bits per heavy atom. The highest BCUT2D eigenvalue weighted by Gasteiger charge is 2.32. The SMILES string of the molecule is C=CCCOC(=O)C1CCCC(C(=O)OCCC=C)C1. The van der Waals surface area contributed by atoms with Gasteiger partial charge in [-0.25, -0.2) is 0 Å². The molecule has 0 N–H and O–H groups in total. The van der Waals surface area contributed by atoms with Crippen molar-refractivity contribution < 1.29 is 19.1 Å². The molecule has 2 unspecified atom stereocenters. The summed E-state index contributed by atoms with van der Waals surface area (Å²) in [6.07, 6.45) is 7.74. The normalized spacial score (nSPS) is 21.8. The van der Waals surface area contributed by atoms with Crippen molar-refractivity contribution in [1.82, 2.24) is 0 Å². The molecule has 20 heavy (non-hydrogen) atoms. The molecule has 1 saturated carbocycles. The summed E-state index contributed by atoms with van der Waals surface area (Å²) in [5.74, 6) is -0.748. The third-order valence-electron chi connectivity index (χ3n) is 3.47. The molecular formula is C16H24O4. The molecule has 0 bridgehead atoms. The molecule has 1 aliphatic rings. The molecule has 0 radical (unpaired) electrons. The van der Waals surface area contributed by atoms with Crippen LogP contribution in [-0.2, 0) is 19.1 Å². The Kier molecular flexibility index (Phi) is 7.70. The van der Waals surface area contributed by atoms with E-state index >= 15 is 0 Å². The van der Waals surface area contributed by atoms with Crippen LogP contribution in [0.15, 0.2) is 25.3 Å². The van der Waals surface area contributed by atoms with Gasteiger partial charge in [0, 0.05) is 0 Å². The standard InChI is InChI=1S/C16H24O4/c1-3-5-10-19-15(17)13-8-7-9-14(12-13)16(18)20-11-6-4-2/h3-4,13-14H,1-2,5-12H2. The Hall–Kier alpha value is -1.58. The van der Waals surface area contributed by atoms with Gasteiger partial charge in [-0.1, -0.05) is 18.6 Å². The van der Waals surface area contributed by atoms with Gasteiger partial charge in [0.15, 0.2) is 0 Å². The Bertz CT molecular complexity index is 316. The number of hydrogen-bond donors (Lipinski definition) is 0. The van der Waals surface area contributed by atoms with Gasteiger partial charge in [-0.05, 0) is 32.1 Å². The minimum Gasteiger partial charge on any atom is -0.465 e. The van der Waals surface area contributed by atoms with E-state index in [4.69, 9.17) is 9.47 Å². The van der Waals surface area contributed by atoms with E-state index in [1.807, 2.05) is 0 Å². The van der Waals surface area contributed by atoms with Crippen LogP contribution in [0, 0.1) is 11.8 Å². The lowest BCUT2D eigenvalue weighted by Crippen LogP contribution is -2.30. The van der Waals surface area contributed by atoms with Crippen LogP contribution in [0.3, 0.4) is 0 Å². The average molecular weight is 280 g/mol. The van der Waals surface area contributed by atoms with E-state index in [2.05, 4.69) is 13.2 Å². The molecule has 0 aliphatic heterocycles. The monoisotopic (exact) mass is 280 g/mol. The Morgan fingerprint density at radius 3 is 1.80 bits per heavy atom. The molecule has 4 nitrogen and oxygen atoms in total. The summed E-state index contributed by atoms with van der Waals surface area (Å²) in [6.45, 7) is 7.90. The first-order valence-electron chi connectivity index (χ1n) is 7.24. The summed E-state index contributed by atoms with van der Waals surface area (Å²) in [7, 11) is 0. The van der Waals surface area contributed by atoms with Crippen molar-refractivity contribution in [3.8, 4) is 0 Å². The zero-order chi connectivity index (χ0) is 14.8. The van der Waals surface area contributed by atoms with E-state index in [1.165, 1.54) is 0 Å². The number of esters is 2. The van der Waals surface area contributed by atoms with Crippen LogP contribution in [0.4, 0.5) is 0 Å². The molecule has 0 aromatic carbocycles. The number of rotatable bonds is 8. The maximum Gasteiger partial charge on any atom is 0.308 e. The van der Waals surface area contributed by atoms with Crippen LogP contribution >= 0.6 is 0 Å². The Balaban J connectivity index is 2.37. The van der Waals surface area contributed by atoms with E-state index < -0.39 is 0 Å². The first-order chi connectivity index (χ1) is 9.69. The summed E-state index contributed by atoms with van der Waals surface area (Å²) in [6, 6.07) is 0. The van der Waals surface area contributed by atoms with Crippen LogP contribution < -0.4 is 0 Å². The molecule has 0 aromatic heterocycles. The molecule has 1 fully saturated rings. The van der Waals surface area contributed by atoms with Gasteiger partial charge in [0.2, 0.25) is 0 Å². The minimum atomic E-state index is -0.199. The third-order valence-corrected chi connectivity index (χ3v) is 3.47. The van der Waals surface area contributed by atoms with Gasteiger partial charge in [0.05, 0.1) is 25.0 Å². The van der Waals surface area contributed by atoms with Crippen molar-refractivity contribution in [3.63, 3.8) is 0 Å². The summed E-state index contributed by atoms with van der Waals surface area (Å²) >= 11 is 0. The molecule has 0 spiro atoms. The molecule has 112 valence electrons. The van der Waals surface area contributed by atoms with Crippen molar-refractivity contribution in [3.05, 3.63) is 25.3 Å².